The average Bonchev–Trinajstić information content (AvgIpc) is 3.15. The van der Waals surface area contributed by atoms with Crippen molar-refractivity contribution in [3.63, 3.8) is 0 Å². The molecule has 0 aliphatic heterocycles. The molecule has 1 aromatic heterocycles. The van der Waals surface area contributed by atoms with Gasteiger partial charge in [-0.05, 0) is 32.1 Å². The van der Waals surface area contributed by atoms with Crippen molar-refractivity contribution in [2.45, 2.75) is 45.6 Å². The van der Waals surface area contributed by atoms with E-state index in [0.717, 1.165) is 19.4 Å². The van der Waals surface area contributed by atoms with Gasteiger partial charge in [-0.25, -0.2) is 4.68 Å². The van der Waals surface area contributed by atoms with E-state index < -0.39 is 0 Å². The Morgan fingerprint density at radius 1 is 1.61 bits per heavy atom. The van der Waals surface area contributed by atoms with Gasteiger partial charge in [-0.1, -0.05) is 13.3 Å². The van der Waals surface area contributed by atoms with Crippen LogP contribution in [-0.4, -0.2) is 16.3 Å². The molecule has 1 aromatic rings. The third-order valence-electron chi connectivity index (χ3n) is 3.57. The molecule has 0 bridgehead atoms. The largest absolute Gasteiger partial charge is 0.383 e. The normalized spacial score (nSPS) is 16.3. The van der Waals surface area contributed by atoms with E-state index in [2.05, 4.69) is 30.3 Å². The second-order valence-corrected chi connectivity index (χ2v) is 5.02. The SMILES string of the molecule is CCCCNc1nn(C(C)C2CC2)c(N)c1C#N. The lowest BCUT2D eigenvalue weighted by Crippen LogP contribution is -2.12. The molecular weight excluding hydrogens is 226 g/mol. The summed E-state index contributed by atoms with van der Waals surface area (Å²) in [7, 11) is 0. The van der Waals surface area contributed by atoms with Crippen LogP contribution < -0.4 is 11.1 Å². The summed E-state index contributed by atoms with van der Waals surface area (Å²) in [5.41, 5.74) is 6.51. The molecule has 0 amide bonds. The Labute approximate surface area is 108 Å². The Hall–Kier alpha value is -1.70. The number of nitrogens with zero attached hydrogens (tertiary/aromatic N) is 3. The minimum absolute atomic E-state index is 0.291. The first kappa shape index (κ1) is 12.7. The van der Waals surface area contributed by atoms with E-state index in [-0.39, 0.29) is 0 Å². The van der Waals surface area contributed by atoms with Crippen LogP contribution in [0.25, 0.3) is 0 Å². The molecule has 18 heavy (non-hydrogen) atoms. The second-order valence-electron chi connectivity index (χ2n) is 5.02. The summed E-state index contributed by atoms with van der Waals surface area (Å²) < 4.78 is 1.81. The molecule has 1 fully saturated rings. The summed E-state index contributed by atoms with van der Waals surface area (Å²) >= 11 is 0. The molecule has 1 unspecified atom stereocenters. The van der Waals surface area contributed by atoms with E-state index in [0.29, 0.717) is 29.2 Å². The lowest BCUT2D eigenvalue weighted by Gasteiger charge is -2.12. The number of nitriles is 1. The number of aromatic nitrogens is 2. The van der Waals surface area contributed by atoms with Crippen LogP contribution in [0.15, 0.2) is 0 Å². The first-order chi connectivity index (χ1) is 8.69. The summed E-state index contributed by atoms with van der Waals surface area (Å²) in [6.07, 6.45) is 4.65. The highest BCUT2D eigenvalue weighted by molar-refractivity contribution is 5.63. The highest BCUT2D eigenvalue weighted by Gasteiger charge is 2.32. The second kappa shape index (κ2) is 5.30. The van der Waals surface area contributed by atoms with Gasteiger partial charge in [0.05, 0.1) is 6.04 Å². The molecule has 1 aliphatic carbocycles. The third kappa shape index (κ3) is 2.42. The Morgan fingerprint density at radius 2 is 2.33 bits per heavy atom. The van der Waals surface area contributed by atoms with Gasteiger partial charge in [-0.15, -0.1) is 0 Å². The molecule has 0 saturated heterocycles. The number of hydrogen-bond donors (Lipinski definition) is 2. The van der Waals surface area contributed by atoms with Crippen molar-refractivity contribution in [2.24, 2.45) is 5.92 Å². The van der Waals surface area contributed by atoms with E-state index in [1.165, 1.54) is 12.8 Å². The molecule has 0 aromatic carbocycles. The molecule has 0 radical (unpaired) electrons. The predicted molar refractivity (Wildman–Crippen MR) is 72.2 cm³/mol. The molecule has 5 heteroatoms. The van der Waals surface area contributed by atoms with Gasteiger partial charge in [-0.2, -0.15) is 10.4 Å². The first-order valence-corrected chi connectivity index (χ1v) is 6.71. The van der Waals surface area contributed by atoms with Crippen LogP contribution in [0.2, 0.25) is 0 Å². The van der Waals surface area contributed by atoms with Crippen molar-refractivity contribution >= 4 is 11.6 Å². The van der Waals surface area contributed by atoms with Gasteiger partial charge in [0.25, 0.3) is 0 Å². The van der Waals surface area contributed by atoms with Crippen molar-refractivity contribution < 1.29 is 0 Å². The van der Waals surface area contributed by atoms with Crippen LogP contribution >= 0.6 is 0 Å². The van der Waals surface area contributed by atoms with E-state index in [4.69, 9.17) is 5.73 Å². The molecule has 0 spiro atoms. The highest BCUT2D eigenvalue weighted by Crippen LogP contribution is 2.41. The maximum absolute atomic E-state index is 9.18. The summed E-state index contributed by atoms with van der Waals surface area (Å²) in [6, 6.07) is 2.45. The van der Waals surface area contributed by atoms with Gasteiger partial charge < -0.3 is 11.1 Å². The monoisotopic (exact) mass is 247 g/mol. The highest BCUT2D eigenvalue weighted by atomic mass is 15.4. The van der Waals surface area contributed by atoms with Gasteiger partial charge >= 0.3 is 0 Å². The molecule has 1 aliphatic rings. The Morgan fingerprint density at radius 3 is 2.89 bits per heavy atom. The third-order valence-corrected chi connectivity index (χ3v) is 3.57. The molecule has 1 heterocycles. The van der Waals surface area contributed by atoms with Crippen molar-refractivity contribution in [1.29, 1.82) is 5.26 Å². The van der Waals surface area contributed by atoms with Crippen LogP contribution in [0.5, 0.6) is 0 Å². The lowest BCUT2D eigenvalue weighted by atomic mass is 10.2. The standard InChI is InChI=1S/C13H21N5/c1-3-4-7-16-13-11(8-14)12(15)18(17-13)9(2)10-5-6-10/h9-10H,3-7,15H2,1-2H3,(H,16,17). The summed E-state index contributed by atoms with van der Waals surface area (Å²) in [4.78, 5) is 0. The number of anilines is 2. The number of rotatable bonds is 6. The van der Waals surface area contributed by atoms with E-state index in [9.17, 15) is 5.26 Å². The van der Waals surface area contributed by atoms with Crippen molar-refractivity contribution in [3.8, 4) is 6.07 Å². The first-order valence-electron chi connectivity index (χ1n) is 6.71. The van der Waals surface area contributed by atoms with Crippen LogP contribution in [0.4, 0.5) is 11.6 Å². The van der Waals surface area contributed by atoms with Gasteiger partial charge in [0.1, 0.15) is 17.5 Å². The van der Waals surface area contributed by atoms with Crippen LogP contribution in [0.1, 0.15) is 51.1 Å². The quantitative estimate of drug-likeness (QED) is 0.757. The number of nitrogens with one attached hydrogen (secondary N) is 1. The smallest absolute Gasteiger partial charge is 0.168 e. The lowest BCUT2D eigenvalue weighted by molar-refractivity contribution is 0.447. The number of nitrogen functional groups attached to an aromatic ring is 1. The van der Waals surface area contributed by atoms with E-state index >= 15 is 0 Å². The van der Waals surface area contributed by atoms with E-state index in [1.54, 1.807) is 0 Å². The fraction of sp³-hybridized carbons (Fsp3) is 0.692. The minimum atomic E-state index is 0.291. The summed E-state index contributed by atoms with van der Waals surface area (Å²) in [6.45, 7) is 5.09. The minimum Gasteiger partial charge on any atom is -0.383 e. The molecule has 1 saturated carbocycles. The fourth-order valence-corrected chi connectivity index (χ4v) is 2.15. The Bertz CT molecular complexity index is 453. The molecule has 1 atom stereocenters. The van der Waals surface area contributed by atoms with Gasteiger partial charge in [0.15, 0.2) is 5.82 Å². The Balaban J connectivity index is 2.18. The van der Waals surface area contributed by atoms with E-state index in [1.807, 2.05) is 4.68 Å². The van der Waals surface area contributed by atoms with Crippen LogP contribution in [0, 0.1) is 17.2 Å². The number of hydrogen-bond acceptors (Lipinski definition) is 4. The zero-order valence-corrected chi connectivity index (χ0v) is 11.1. The topological polar surface area (TPSA) is 79.7 Å². The molecule has 2 rings (SSSR count). The molecule has 5 nitrogen and oxygen atoms in total. The summed E-state index contributed by atoms with van der Waals surface area (Å²) in [5, 5.41) is 16.9. The van der Waals surface area contributed by atoms with Crippen LogP contribution in [0.3, 0.4) is 0 Å². The zero-order chi connectivity index (χ0) is 13.1. The van der Waals surface area contributed by atoms with Crippen LogP contribution in [-0.2, 0) is 0 Å². The average molecular weight is 247 g/mol. The predicted octanol–water partition coefficient (Wildman–Crippen LogP) is 2.52. The van der Waals surface area contributed by atoms with Gasteiger partial charge in [-0.3, -0.25) is 0 Å². The Kier molecular flexibility index (Phi) is 3.75. The van der Waals surface area contributed by atoms with Gasteiger partial charge in [0, 0.05) is 6.54 Å². The fourth-order valence-electron chi connectivity index (χ4n) is 2.15. The number of nitrogens with two attached hydrogens (primary N) is 1. The van der Waals surface area contributed by atoms with Crippen molar-refractivity contribution in [1.82, 2.24) is 9.78 Å². The summed E-state index contributed by atoms with van der Waals surface area (Å²) in [5.74, 6) is 1.80. The zero-order valence-electron chi connectivity index (χ0n) is 11.1. The van der Waals surface area contributed by atoms with Crippen molar-refractivity contribution in [2.75, 3.05) is 17.6 Å². The van der Waals surface area contributed by atoms with Gasteiger partial charge in [0.2, 0.25) is 0 Å². The molecule has 3 N–H and O–H groups in total. The molecule has 98 valence electrons. The maximum Gasteiger partial charge on any atom is 0.168 e. The molecular formula is C13H21N5. The number of unbranched alkanes of at least 4 members (excludes halogenated alkanes) is 1. The van der Waals surface area contributed by atoms with Crippen molar-refractivity contribution in [3.05, 3.63) is 5.56 Å². The maximum atomic E-state index is 9.18.